The highest BCUT2D eigenvalue weighted by Crippen LogP contribution is 2.30. The summed E-state index contributed by atoms with van der Waals surface area (Å²) >= 11 is 3.47. The number of hydrogen-bond donors (Lipinski definition) is 1. The van der Waals surface area contributed by atoms with Crippen molar-refractivity contribution >= 4 is 21.8 Å². The molecule has 1 N–H and O–H groups in total. The first-order chi connectivity index (χ1) is 7.22. The van der Waals surface area contributed by atoms with Crippen LogP contribution in [0.5, 0.6) is 5.75 Å². The summed E-state index contributed by atoms with van der Waals surface area (Å²) in [6, 6.07) is 3.86. The van der Waals surface area contributed by atoms with Crippen LogP contribution in [0, 0.1) is 0 Å². The van der Waals surface area contributed by atoms with Gasteiger partial charge in [-0.2, -0.15) is 0 Å². The Morgan fingerprint density at radius 2 is 2.20 bits per heavy atom. The average molecular weight is 270 g/mol. The minimum absolute atomic E-state index is 0.0719. The van der Waals surface area contributed by atoms with Crippen molar-refractivity contribution < 1.29 is 9.53 Å². The van der Waals surface area contributed by atoms with E-state index in [2.05, 4.69) is 21.2 Å². The van der Waals surface area contributed by atoms with Gasteiger partial charge in [0.05, 0.1) is 13.5 Å². The molecular weight excluding hydrogens is 258 g/mol. The molecule has 2 rings (SSSR count). The van der Waals surface area contributed by atoms with Gasteiger partial charge in [0.2, 0.25) is 5.91 Å². The van der Waals surface area contributed by atoms with Crippen molar-refractivity contribution in [2.75, 3.05) is 13.7 Å². The van der Waals surface area contributed by atoms with Crippen LogP contribution in [0.25, 0.3) is 0 Å². The molecule has 0 aromatic heterocycles. The summed E-state index contributed by atoms with van der Waals surface area (Å²) in [5.41, 5.74) is 2.18. The van der Waals surface area contributed by atoms with Crippen molar-refractivity contribution in [2.45, 2.75) is 12.8 Å². The molecule has 1 heterocycles. The number of fused-ring (bicyclic) bond motifs is 1. The fourth-order valence-corrected chi connectivity index (χ4v) is 2.36. The Kier molecular flexibility index (Phi) is 2.95. The number of benzene rings is 1. The van der Waals surface area contributed by atoms with Crippen molar-refractivity contribution in [2.24, 2.45) is 0 Å². The van der Waals surface area contributed by atoms with Crippen LogP contribution in [0.3, 0.4) is 0 Å². The van der Waals surface area contributed by atoms with E-state index >= 15 is 0 Å². The molecule has 80 valence electrons. The summed E-state index contributed by atoms with van der Waals surface area (Å²) in [7, 11) is 1.66. The molecule has 0 fully saturated rings. The third kappa shape index (κ3) is 2.00. The van der Waals surface area contributed by atoms with Gasteiger partial charge in [0.15, 0.2) is 0 Å². The normalized spacial score (nSPS) is 15.2. The summed E-state index contributed by atoms with van der Waals surface area (Å²) in [5, 5.41) is 2.85. The molecule has 0 atom stereocenters. The third-order valence-corrected chi connectivity index (χ3v) is 3.33. The van der Waals surface area contributed by atoms with E-state index in [4.69, 9.17) is 4.74 Å². The highest BCUT2D eigenvalue weighted by Gasteiger charge is 2.18. The maximum atomic E-state index is 11.4. The van der Waals surface area contributed by atoms with Crippen LogP contribution in [0.2, 0.25) is 0 Å². The predicted molar refractivity (Wildman–Crippen MR) is 61.1 cm³/mol. The Balaban J connectivity index is 2.52. The van der Waals surface area contributed by atoms with Crippen molar-refractivity contribution in [1.29, 1.82) is 0 Å². The summed E-state index contributed by atoms with van der Waals surface area (Å²) in [6.07, 6.45) is 1.25. The number of carbonyl (C=O) groups excluding carboxylic acids is 1. The largest absolute Gasteiger partial charge is 0.496 e. The Labute approximate surface area is 96.9 Å². The Bertz CT molecular complexity index is 404. The van der Waals surface area contributed by atoms with Crippen molar-refractivity contribution in [3.05, 3.63) is 27.7 Å². The van der Waals surface area contributed by atoms with Crippen molar-refractivity contribution in [1.82, 2.24) is 5.32 Å². The lowest BCUT2D eigenvalue weighted by atomic mass is 10.0. The number of nitrogens with one attached hydrogen (secondary N) is 1. The third-order valence-electron chi connectivity index (χ3n) is 2.59. The molecule has 15 heavy (non-hydrogen) atoms. The lowest BCUT2D eigenvalue weighted by Gasteiger charge is -2.11. The van der Waals surface area contributed by atoms with Gasteiger partial charge in [0, 0.05) is 16.6 Å². The minimum Gasteiger partial charge on any atom is -0.496 e. The van der Waals surface area contributed by atoms with E-state index in [0.29, 0.717) is 13.0 Å². The first-order valence-corrected chi connectivity index (χ1v) is 5.62. The molecule has 0 spiro atoms. The zero-order chi connectivity index (χ0) is 10.8. The summed E-state index contributed by atoms with van der Waals surface area (Å²) in [6.45, 7) is 0.679. The Hall–Kier alpha value is -1.03. The molecule has 3 nitrogen and oxygen atoms in total. The van der Waals surface area contributed by atoms with Gasteiger partial charge in [-0.3, -0.25) is 4.79 Å². The predicted octanol–water partition coefficient (Wildman–Crippen LogP) is 1.67. The molecule has 0 unspecified atom stereocenters. The standard InChI is InChI=1S/C11H12BrNO2/c1-15-10-3-2-9(12)8-6-11(14)13-5-4-7(8)10/h2-3H,4-6H2,1H3,(H,13,14). The number of halogens is 1. The maximum Gasteiger partial charge on any atom is 0.224 e. The Morgan fingerprint density at radius 3 is 2.93 bits per heavy atom. The molecular formula is C11H12BrNO2. The molecule has 1 aromatic rings. The van der Waals surface area contributed by atoms with E-state index in [9.17, 15) is 4.79 Å². The molecule has 0 saturated heterocycles. The van der Waals surface area contributed by atoms with Crippen molar-refractivity contribution in [3.63, 3.8) is 0 Å². The van der Waals surface area contributed by atoms with E-state index in [-0.39, 0.29) is 5.91 Å². The van der Waals surface area contributed by atoms with Crippen LogP contribution in [-0.4, -0.2) is 19.6 Å². The lowest BCUT2D eigenvalue weighted by molar-refractivity contribution is -0.120. The van der Waals surface area contributed by atoms with Gasteiger partial charge in [0.25, 0.3) is 0 Å². The summed E-state index contributed by atoms with van der Waals surface area (Å²) in [5.74, 6) is 0.937. The second-order valence-corrected chi connectivity index (χ2v) is 4.34. The summed E-state index contributed by atoms with van der Waals surface area (Å²) in [4.78, 5) is 11.4. The monoisotopic (exact) mass is 269 g/mol. The fraction of sp³-hybridized carbons (Fsp3) is 0.364. The van der Waals surface area contributed by atoms with Gasteiger partial charge >= 0.3 is 0 Å². The fourth-order valence-electron chi connectivity index (χ4n) is 1.85. The SMILES string of the molecule is COc1ccc(Br)c2c1CCNC(=O)C2. The molecule has 1 aliphatic rings. The van der Waals surface area contributed by atoms with Gasteiger partial charge in [-0.25, -0.2) is 0 Å². The van der Waals surface area contributed by atoms with Gasteiger partial charge in [-0.05, 0) is 24.1 Å². The van der Waals surface area contributed by atoms with Crippen LogP contribution in [-0.2, 0) is 17.6 Å². The quantitative estimate of drug-likeness (QED) is 0.843. The van der Waals surface area contributed by atoms with Gasteiger partial charge in [0.1, 0.15) is 5.75 Å². The van der Waals surface area contributed by atoms with Crippen LogP contribution in [0.1, 0.15) is 11.1 Å². The van der Waals surface area contributed by atoms with Crippen molar-refractivity contribution in [3.8, 4) is 5.75 Å². The molecule has 1 amide bonds. The second-order valence-electron chi connectivity index (χ2n) is 3.48. The number of amides is 1. The second kappa shape index (κ2) is 4.23. The van der Waals surface area contributed by atoms with Gasteiger partial charge in [-0.15, -0.1) is 0 Å². The van der Waals surface area contributed by atoms with Gasteiger partial charge in [-0.1, -0.05) is 15.9 Å². The van der Waals surface area contributed by atoms with E-state index in [1.807, 2.05) is 12.1 Å². The molecule has 0 saturated carbocycles. The number of carbonyl (C=O) groups is 1. The number of hydrogen-bond acceptors (Lipinski definition) is 2. The van der Waals surface area contributed by atoms with E-state index in [1.54, 1.807) is 7.11 Å². The van der Waals surface area contributed by atoms with E-state index in [0.717, 1.165) is 27.8 Å². The van der Waals surface area contributed by atoms with E-state index < -0.39 is 0 Å². The first kappa shape index (κ1) is 10.5. The minimum atomic E-state index is 0.0719. The molecule has 1 aliphatic heterocycles. The number of methoxy groups -OCH3 is 1. The summed E-state index contributed by atoms with van der Waals surface area (Å²) < 4.78 is 6.28. The molecule has 1 aromatic carbocycles. The zero-order valence-electron chi connectivity index (χ0n) is 8.47. The average Bonchev–Trinajstić information content (AvgIpc) is 2.41. The van der Waals surface area contributed by atoms with Crippen LogP contribution < -0.4 is 10.1 Å². The highest BCUT2D eigenvalue weighted by molar-refractivity contribution is 9.10. The van der Waals surface area contributed by atoms with Crippen LogP contribution >= 0.6 is 15.9 Å². The maximum absolute atomic E-state index is 11.4. The first-order valence-electron chi connectivity index (χ1n) is 4.83. The van der Waals surface area contributed by atoms with Gasteiger partial charge < -0.3 is 10.1 Å². The number of ether oxygens (including phenoxy) is 1. The number of rotatable bonds is 1. The zero-order valence-corrected chi connectivity index (χ0v) is 10.1. The Morgan fingerprint density at radius 1 is 1.40 bits per heavy atom. The lowest BCUT2D eigenvalue weighted by Crippen LogP contribution is -2.24. The molecule has 0 radical (unpaired) electrons. The topological polar surface area (TPSA) is 38.3 Å². The van der Waals surface area contributed by atoms with Crippen LogP contribution in [0.15, 0.2) is 16.6 Å². The van der Waals surface area contributed by atoms with E-state index in [1.165, 1.54) is 0 Å². The van der Waals surface area contributed by atoms with Crippen LogP contribution in [0.4, 0.5) is 0 Å². The molecule has 0 aliphatic carbocycles. The molecule has 0 bridgehead atoms. The smallest absolute Gasteiger partial charge is 0.224 e. The highest BCUT2D eigenvalue weighted by atomic mass is 79.9. The molecule has 4 heteroatoms.